The van der Waals surface area contributed by atoms with Crippen molar-refractivity contribution in [3.63, 3.8) is 0 Å². The third-order valence-electron chi connectivity index (χ3n) is 3.06. The van der Waals surface area contributed by atoms with Crippen LogP contribution in [0.1, 0.15) is 16.7 Å². The Bertz CT molecular complexity index is 605. The number of rotatable bonds is 5. The SMILES string of the molecule is NCc1cccnc1.c1cncc(CNCc2cccnc2)c1. The molecule has 0 saturated heterocycles. The van der Waals surface area contributed by atoms with Crippen LogP contribution in [0.5, 0.6) is 0 Å². The number of hydrogen-bond acceptors (Lipinski definition) is 5. The standard InChI is InChI=1S/C12H13N3.C6H8N2/c1-3-11(7-13-5-1)9-15-10-12-4-2-6-14-8-12;7-4-6-2-1-3-8-5-6/h1-8,15H,9-10H2;1-3,5H,4,7H2. The molecular weight excluding hydrogens is 286 g/mol. The summed E-state index contributed by atoms with van der Waals surface area (Å²) >= 11 is 0. The van der Waals surface area contributed by atoms with Crippen molar-refractivity contribution in [3.8, 4) is 0 Å². The van der Waals surface area contributed by atoms with Gasteiger partial charge in [-0.3, -0.25) is 15.0 Å². The van der Waals surface area contributed by atoms with Gasteiger partial charge in [0.2, 0.25) is 0 Å². The molecule has 3 heterocycles. The fourth-order valence-electron chi connectivity index (χ4n) is 1.88. The van der Waals surface area contributed by atoms with Gasteiger partial charge >= 0.3 is 0 Å². The van der Waals surface area contributed by atoms with Gasteiger partial charge in [-0.1, -0.05) is 18.2 Å². The summed E-state index contributed by atoms with van der Waals surface area (Å²) in [6, 6.07) is 11.8. The molecule has 0 aliphatic carbocycles. The van der Waals surface area contributed by atoms with Gasteiger partial charge < -0.3 is 11.1 Å². The van der Waals surface area contributed by atoms with Crippen LogP contribution in [0.2, 0.25) is 0 Å². The molecule has 0 radical (unpaired) electrons. The number of nitrogens with one attached hydrogen (secondary N) is 1. The number of nitrogens with zero attached hydrogens (tertiary/aromatic N) is 3. The lowest BCUT2D eigenvalue weighted by atomic mass is 10.2. The zero-order valence-corrected chi connectivity index (χ0v) is 13.0. The number of hydrogen-bond donors (Lipinski definition) is 2. The fraction of sp³-hybridized carbons (Fsp3) is 0.167. The monoisotopic (exact) mass is 307 g/mol. The first kappa shape index (κ1) is 16.7. The van der Waals surface area contributed by atoms with E-state index in [0.29, 0.717) is 6.54 Å². The van der Waals surface area contributed by atoms with Gasteiger partial charge in [-0.15, -0.1) is 0 Å². The summed E-state index contributed by atoms with van der Waals surface area (Å²) in [7, 11) is 0. The van der Waals surface area contributed by atoms with Crippen LogP contribution in [-0.4, -0.2) is 15.0 Å². The van der Waals surface area contributed by atoms with Crippen LogP contribution >= 0.6 is 0 Å². The lowest BCUT2D eigenvalue weighted by Gasteiger charge is -2.03. The number of nitrogens with two attached hydrogens (primary N) is 1. The molecule has 0 aromatic carbocycles. The quantitative estimate of drug-likeness (QED) is 0.756. The van der Waals surface area contributed by atoms with Gasteiger partial charge in [0.05, 0.1) is 0 Å². The molecule has 3 aromatic heterocycles. The summed E-state index contributed by atoms with van der Waals surface area (Å²) in [5.74, 6) is 0. The van der Waals surface area contributed by atoms with Crippen LogP contribution in [-0.2, 0) is 19.6 Å². The predicted molar refractivity (Wildman–Crippen MR) is 91.1 cm³/mol. The molecule has 3 rings (SSSR count). The maximum atomic E-state index is 5.31. The smallest absolute Gasteiger partial charge is 0.0312 e. The first-order valence-corrected chi connectivity index (χ1v) is 7.46. The Kier molecular flexibility index (Phi) is 7.39. The molecular formula is C18H21N5. The van der Waals surface area contributed by atoms with Gasteiger partial charge in [-0.2, -0.15) is 0 Å². The second-order valence-electron chi connectivity index (χ2n) is 4.89. The van der Waals surface area contributed by atoms with E-state index in [-0.39, 0.29) is 0 Å². The van der Waals surface area contributed by atoms with Crippen molar-refractivity contribution in [2.45, 2.75) is 19.6 Å². The Balaban J connectivity index is 0.000000203. The van der Waals surface area contributed by atoms with Crippen molar-refractivity contribution in [2.75, 3.05) is 0 Å². The van der Waals surface area contributed by atoms with Crippen LogP contribution in [0.15, 0.2) is 73.6 Å². The Morgan fingerprint density at radius 3 is 1.43 bits per heavy atom. The molecule has 23 heavy (non-hydrogen) atoms. The third-order valence-corrected chi connectivity index (χ3v) is 3.06. The number of aromatic nitrogens is 3. The van der Waals surface area contributed by atoms with Crippen LogP contribution in [0.3, 0.4) is 0 Å². The first-order chi connectivity index (χ1) is 11.4. The van der Waals surface area contributed by atoms with Crippen molar-refractivity contribution in [2.24, 2.45) is 5.73 Å². The Labute approximate surface area is 136 Å². The molecule has 0 spiro atoms. The molecule has 0 aliphatic rings. The van der Waals surface area contributed by atoms with E-state index in [1.807, 2.05) is 36.7 Å². The van der Waals surface area contributed by atoms with E-state index in [1.165, 1.54) is 11.1 Å². The van der Waals surface area contributed by atoms with Crippen LogP contribution in [0, 0.1) is 0 Å². The van der Waals surface area contributed by atoms with E-state index in [2.05, 4.69) is 32.4 Å². The van der Waals surface area contributed by atoms with E-state index >= 15 is 0 Å². The topological polar surface area (TPSA) is 76.7 Å². The maximum absolute atomic E-state index is 5.31. The lowest BCUT2D eigenvalue weighted by molar-refractivity contribution is 0.689. The van der Waals surface area contributed by atoms with Crippen molar-refractivity contribution >= 4 is 0 Å². The molecule has 5 nitrogen and oxygen atoms in total. The molecule has 0 amide bonds. The zero-order valence-electron chi connectivity index (χ0n) is 13.0. The molecule has 3 N–H and O–H groups in total. The van der Waals surface area contributed by atoms with Crippen molar-refractivity contribution in [1.29, 1.82) is 0 Å². The number of pyridine rings is 3. The van der Waals surface area contributed by atoms with Gasteiger partial charge in [0.1, 0.15) is 0 Å². The zero-order chi connectivity index (χ0) is 16.2. The van der Waals surface area contributed by atoms with Crippen LogP contribution < -0.4 is 11.1 Å². The van der Waals surface area contributed by atoms with E-state index < -0.39 is 0 Å². The predicted octanol–water partition coefficient (Wildman–Crippen LogP) is 2.31. The van der Waals surface area contributed by atoms with Crippen molar-refractivity contribution in [3.05, 3.63) is 90.3 Å². The second-order valence-corrected chi connectivity index (χ2v) is 4.89. The lowest BCUT2D eigenvalue weighted by Crippen LogP contribution is -2.12. The van der Waals surface area contributed by atoms with Gasteiger partial charge in [0, 0.05) is 56.8 Å². The Hall–Kier alpha value is -2.63. The molecule has 0 unspecified atom stereocenters. The van der Waals surface area contributed by atoms with Crippen molar-refractivity contribution in [1.82, 2.24) is 20.3 Å². The molecule has 0 fully saturated rings. The fourth-order valence-corrected chi connectivity index (χ4v) is 1.88. The average Bonchev–Trinajstić information content (AvgIpc) is 2.65. The molecule has 0 bridgehead atoms. The molecule has 3 aromatic rings. The summed E-state index contributed by atoms with van der Waals surface area (Å²) in [6.07, 6.45) is 10.8. The average molecular weight is 307 g/mol. The summed E-state index contributed by atoms with van der Waals surface area (Å²) in [6.45, 7) is 2.25. The van der Waals surface area contributed by atoms with Crippen LogP contribution in [0.25, 0.3) is 0 Å². The van der Waals surface area contributed by atoms with Gasteiger partial charge in [0.25, 0.3) is 0 Å². The summed E-state index contributed by atoms with van der Waals surface area (Å²) in [5, 5.41) is 3.34. The molecule has 118 valence electrons. The molecule has 5 heteroatoms. The largest absolute Gasteiger partial charge is 0.326 e. The van der Waals surface area contributed by atoms with E-state index in [4.69, 9.17) is 5.73 Å². The van der Waals surface area contributed by atoms with Gasteiger partial charge in [-0.25, -0.2) is 0 Å². The maximum Gasteiger partial charge on any atom is 0.0312 e. The minimum absolute atomic E-state index is 0.577. The summed E-state index contributed by atoms with van der Waals surface area (Å²) in [5.41, 5.74) is 8.78. The van der Waals surface area contributed by atoms with Gasteiger partial charge in [0.15, 0.2) is 0 Å². The normalized spacial score (nSPS) is 9.78. The van der Waals surface area contributed by atoms with E-state index in [0.717, 1.165) is 18.7 Å². The van der Waals surface area contributed by atoms with Gasteiger partial charge in [-0.05, 0) is 34.9 Å². The van der Waals surface area contributed by atoms with Crippen LogP contribution in [0.4, 0.5) is 0 Å². The second kappa shape index (κ2) is 10.2. The highest BCUT2D eigenvalue weighted by Crippen LogP contribution is 1.98. The van der Waals surface area contributed by atoms with E-state index in [1.54, 1.807) is 24.8 Å². The molecule has 0 saturated carbocycles. The third kappa shape index (κ3) is 6.78. The highest BCUT2D eigenvalue weighted by molar-refractivity contribution is 5.10. The highest BCUT2D eigenvalue weighted by Gasteiger charge is 1.93. The summed E-state index contributed by atoms with van der Waals surface area (Å²) in [4.78, 5) is 12.0. The molecule has 0 aliphatic heterocycles. The highest BCUT2D eigenvalue weighted by atomic mass is 14.9. The van der Waals surface area contributed by atoms with Crippen molar-refractivity contribution < 1.29 is 0 Å². The van der Waals surface area contributed by atoms with E-state index in [9.17, 15) is 0 Å². The minimum Gasteiger partial charge on any atom is -0.326 e. The Morgan fingerprint density at radius 2 is 1.13 bits per heavy atom. The minimum atomic E-state index is 0.577. The Morgan fingerprint density at radius 1 is 0.696 bits per heavy atom. The summed E-state index contributed by atoms with van der Waals surface area (Å²) < 4.78 is 0. The first-order valence-electron chi connectivity index (χ1n) is 7.46. The molecule has 0 atom stereocenters.